The van der Waals surface area contributed by atoms with Crippen molar-refractivity contribution in [2.24, 2.45) is 5.92 Å². The molecule has 1 aromatic heterocycles. The highest BCUT2D eigenvalue weighted by molar-refractivity contribution is 5.92. The van der Waals surface area contributed by atoms with Gasteiger partial charge in [-0.2, -0.15) is 0 Å². The number of nitrogens with one attached hydrogen (secondary N) is 1. The number of carbonyl (C=O) groups is 1. The van der Waals surface area contributed by atoms with E-state index in [1.807, 2.05) is 6.07 Å². The fraction of sp³-hybridized carbons (Fsp3) is 0.421. The standard InChI is InChI=1S/C19H22FN3O3/c1-12-21-16(10-18(24)22-12)19(25)23-7-6-14(17(11-23)26-2)8-13-4-3-5-15(20)9-13/h3-5,9-10,14,17H,6-8,11H2,1-2H3,(H,21,22,24)/t14-,17-/m1/s1. The van der Waals surface area contributed by atoms with Gasteiger partial charge >= 0.3 is 0 Å². The van der Waals surface area contributed by atoms with Crippen molar-refractivity contribution in [1.82, 2.24) is 14.9 Å². The van der Waals surface area contributed by atoms with Crippen LogP contribution in [0.4, 0.5) is 4.39 Å². The number of carbonyl (C=O) groups excluding carboxylic acids is 1. The fourth-order valence-corrected chi connectivity index (χ4v) is 3.47. The Morgan fingerprint density at radius 2 is 2.23 bits per heavy atom. The predicted molar refractivity (Wildman–Crippen MR) is 94.5 cm³/mol. The van der Waals surface area contributed by atoms with Crippen LogP contribution in [0.15, 0.2) is 35.1 Å². The van der Waals surface area contributed by atoms with Gasteiger partial charge in [0.1, 0.15) is 17.3 Å². The molecule has 1 N–H and O–H groups in total. The Morgan fingerprint density at radius 1 is 1.42 bits per heavy atom. The van der Waals surface area contributed by atoms with Crippen molar-refractivity contribution in [3.05, 3.63) is 63.6 Å². The number of H-pyrrole nitrogens is 1. The van der Waals surface area contributed by atoms with Crippen molar-refractivity contribution >= 4 is 5.91 Å². The maximum Gasteiger partial charge on any atom is 0.272 e. The molecule has 0 spiro atoms. The van der Waals surface area contributed by atoms with Crippen LogP contribution in [-0.2, 0) is 11.2 Å². The third-order valence-electron chi connectivity index (χ3n) is 4.75. The first-order chi connectivity index (χ1) is 12.5. The van der Waals surface area contributed by atoms with E-state index in [-0.39, 0.29) is 35.0 Å². The molecule has 3 rings (SSSR count). The Morgan fingerprint density at radius 3 is 2.92 bits per heavy atom. The maximum atomic E-state index is 13.4. The minimum absolute atomic E-state index is 0.143. The van der Waals surface area contributed by atoms with Crippen LogP contribution in [0.3, 0.4) is 0 Å². The molecule has 0 aliphatic carbocycles. The predicted octanol–water partition coefficient (Wildman–Crippen LogP) is 1.94. The molecule has 7 heteroatoms. The molecule has 6 nitrogen and oxygen atoms in total. The minimum Gasteiger partial charge on any atom is -0.379 e. The highest BCUT2D eigenvalue weighted by atomic mass is 19.1. The van der Waals surface area contributed by atoms with Gasteiger partial charge in [0.05, 0.1) is 6.10 Å². The number of likely N-dealkylation sites (tertiary alicyclic amines) is 1. The molecule has 1 saturated heterocycles. The summed E-state index contributed by atoms with van der Waals surface area (Å²) in [6, 6.07) is 7.78. The quantitative estimate of drug-likeness (QED) is 0.905. The number of hydrogen-bond donors (Lipinski definition) is 1. The molecule has 1 amide bonds. The van der Waals surface area contributed by atoms with Crippen LogP contribution in [0, 0.1) is 18.7 Å². The molecule has 138 valence electrons. The monoisotopic (exact) mass is 359 g/mol. The maximum absolute atomic E-state index is 13.4. The number of piperidine rings is 1. The number of ether oxygens (including phenoxy) is 1. The lowest BCUT2D eigenvalue weighted by Crippen LogP contribution is -2.48. The zero-order chi connectivity index (χ0) is 18.7. The topological polar surface area (TPSA) is 75.3 Å². The summed E-state index contributed by atoms with van der Waals surface area (Å²) in [6.07, 6.45) is 1.28. The van der Waals surface area contributed by atoms with Crippen LogP contribution in [0.1, 0.15) is 28.3 Å². The van der Waals surface area contributed by atoms with Crippen molar-refractivity contribution in [2.45, 2.75) is 25.9 Å². The van der Waals surface area contributed by atoms with E-state index in [9.17, 15) is 14.0 Å². The molecule has 26 heavy (non-hydrogen) atoms. The number of aryl methyl sites for hydroxylation is 1. The van der Waals surface area contributed by atoms with E-state index >= 15 is 0 Å². The second kappa shape index (κ2) is 7.78. The highest BCUT2D eigenvalue weighted by Gasteiger charge is 2.32. The molecular formula is C19H22FN3O3. The lowest BCUT2D eigenvalue weighted by molar-refractivity contribution is -0.00719. The summed E-state index contributed by atoms with van der Waals surface area (Å²) in [5.41, 5.74) is 0.721. The van der Waals surface area contributed by atoms with E-state index < -0.39 is 0 Å². The SMILES string of the molecule is CO[C@@H]1CN(C(=O)c2cc(=O)[nH]c(C)n2)CC[C@@H]1Cc1cccc(F)c1. The average molecular weight is 359 g/mol. The van der Waals surface area contributed by atoms with Gasteiger partial charge in [0.15, 0.2) is 0 Å². The van der Waals surface area contributed by atoms with Crippen molar-refractivity contribution in [3.63, 3.8) is 0 Å². The van der Waals surface area contributed by atoms with E-state index in [1.165, 1.54) is 18.2 Å². The summed E-state index contributed by atoms with van der Waals surface area (Å²) in [5, 5.41) is 0. The van der Waals surface area contributed by atoms with E-state index in [4.69, 9.17) is 4.74 Å². The van der Waals surface area contributed by atoms with E-state index in [0.29, 0.717) is 25.3 Å². The summed E-state index contributed by atoms with van der Waals surface area (Å²) < 4.78 is 19.0. The first kappa shape index (κ1) is 18.3. The van der Waals surface area contributed by atoms with Crippen LogP contribution in [-0.4, -0.2) is 47.1 Å². The van der Waals surface area contributed by atoms with Crippen LogP contribution in [0.2, 0.25) is 0 Å². The molecular weight excluding hydrogens is 337 g/mol. The largest absolute Gasteiger partial charge is 0.379 e. The average Bonchev–Trinajstić information content (AvgIpc) is 2.60. The zero-order valence-corrected chi connectivity index (χ0v) is 14.9. The molecule has 2 atom stereocenters. The van der Waals surface area contributed by atoms with Gasteiger partial charge < -0.3 is 14.6 Å². The number of methoxy groups -OCH3 is 1. The number of nitrogens with zero attached hydrogens (tertiary/aromatic N) is 2. The Hall–Kier alpha value is -2.54. The number of benzene rings is 1. The number of hydrogen-bond acceptors (Lipinski definition) is 4. The van der Waals surface area contributed by atoms with Gasteiger partial charge in [-0.3, -0.25) is 9.59 Å². The minimum atomic E-state index is -0.342. The van der Waals surface area contributed by atoms with Crippen molar-refractivity contribution in [1.29, 1.82) is 0 Å². The second-order valence-corrected chi connectivity index (χ2v) is 6.62. The van der Waals surface area contributed by atoms with Gasteiger partial charge in [-0.25, -0.2) is 9.37 Å². The number of aromatic amines is 1. The molecule has 2 aromatic rings. The lowest BCUT2D eigenvalue weighted by atomic mass is 9.87. The number of halogens is 1. The van der Waals surface area contributed by atoms with Crippen molar-refractivity contribution in [3.8, 4) is 0 Å². The molecule has 0 radical (unpaired) electrons. The second-order valence-electron chi connectivity index (χ2n) is 6.62. The lowest BCUT2D eigenvalue weighted by Gasteiger charge is -2.37. The number of rotatable bonds is 4. The van der Waals surface area contributed by atoms with Crippen LogP contribution in [0.25, 0.3) is 0 Å². The van der Waals surface area contributed by atoms with Gasteiger partial charge in [0, 0.05) is 26.3 Å². The first-order valence-corrected chi connectivity index (χ1v) is 8.60. The fourth-order valence-electron chi connectivity index (χ4n) is 3.47. The van der Waals surface area contributed by atoms with E-state index in [0.717, 1.165) is 12.0 Å². The normalized spacial score (nSPS) is 20.2. The smallest absolute Gasteiger partial charge is 0.272 e. The molecule has 1 aliphatic heterocycles. The van der Waals surface area contributed by atoms with Crippen LogP contribution < -0.4 is 5.56 Å². The Bertz CT molecular complexity index is 852. The molecule has 1 fully saturated rings. The molecule has 2 heterocycles. The Labute approximate surface area is 151 Å². The zero-order valence-electron chi connectivity index (χ0n) is 14.9. The van der Waals surface area contributed by atoms with Crippen molar-refractivity contribution < 1.29 is 13.9 Å². The Balaban J connectivity index is 1.71. The number of aromatic nitrogens is 2. The van der Waals surface area contributed by atoms with Crippen LogP contribution >= 0.6 is 0 Å². The van der Waals surface area contributed by atoms with Gasteiger partial charge in [0.2, 0.25) is 0 Å². The molecule has 0 saturated carbocycles. The summed E-state index contributed by atoms with van der Waals surface area (Å²) >= 11 is 0. The van der Waals surface area contributed by atoms with Gasteiger partial charge in [-0.05, 0) is 43.4 Å². The third-order valence-corrected chi connectivity index (χ3v) is 4.75. The third kappa shape index (κ3) is 4.16. The Kier molecular flexibility index (Phi) is 5.46. The molecule has 0 bridgehead atoms. The van der Waals surface area contributed by atoms with Crippen LogP contribution in [0.5, 0.6) is 0 Å². The summed E-state index contributed by atoms with van der Waals surface area (Å²) in [6.45, 7) is 2.61. The van der Waals surface area contributed by atoms with E-state index in [1.54, 1.807) is 25.0 Å². The summed E-state index contributed by atoms with van der Waals surface area (Å²) in [7, 11) is 1.62. The van der Waals surface area contributed by atoms with Gasteiger partial charge in [-0.1, -0.05) is 12.1 Å². The number of amides is 1. The van der Waals surface area contributed by atoms with Gasteiger partial charge in [0.25, 0.3) is 11.5 Å². The molecule has 1 aliphatic rings. The first-order valence-electron chi connectivity index (χ1n) is 8.60. The summed E-state index contributed by atoms with van der Waals surface area (Å²) in [5.74, 6) is 0.0788. The van der Waals surface area contributed by atoms with Gasteiger partial charge in [-0.15, -0.1) is 0 Å². The molecule has 1 aromatic carbocycles. The van der Waals surface area contributed by atoms with Crippen molar-refractivity contribution in [2.75, 3.05) is 20.2 Å². The molecule has 0 unspecified atom stereocenters. The highest BCUT2D eigenvalue weighted by Crippen LogP contribution is 2.25. The van der Waals surface area contributed by atoms with E-state index in [2.05, 4.69) is 9.97 Å². The summed E-state index contributed by atoms with van der Waals surface area (Å²) in [4.78, 5) is 32.6.